The maximum Gasteiger partial charge on any atom is 0.281 e. The van der Waals surface area contributed by atoms with Crippen LogP contribution in [0.15, 0.2) is 119 Å². The summed E-state index contributed by atoms with van der Waals surface area (Å²) in [5.74, 6) is -0.333. The summed E-state index contributed by atoms with van der Waals surface area (Å²) in [6.45, 7) is 1.64. The first kappa shape index (κ1) is 27.8. The Labute approximate surface area is 241 Å². The highest BCUT2D eigenvalue weighted by molar-refractivity contribution is 6.04. The number of aromatic amines is 1. The Hall–Kier alpha value is -5.77. The molecule has 5 rings (SSSR count). The Kier molecular flexibility index (Phi) is 8.05. The van der Waals surface area contributed by atoms with Gasteiger partial charge in [-0.15, -0.1) is 0 Å². The first-order valence-corrected chi connectivity index (χ1v) is 13.1. The van der Waals surface area contributed by atoms with Gasteiger partial charge in [-0.3, -0.25) is 24.8 Å². The molecule has 4 aromatic carbocycles. The molecule has 0 unspecified atom stereocenters. The van der Waals surface area contributed by atoms with E-state index in [4.69, 9.17) is 4.74 Å². The Morgan fingerprint density at radius 2 is 1.48 bits per heavy atom. The number of methoxy groups -OCH3 is 1. The fraction of sp³-hybridized carbons (Fsp3) is 0.0938. The Bertz CT molecular complexity index is 1750. The molecule has 0 aliphatic carbocycles. The van der Waals surface area contributed by atoms with E-state index in [0.29, 0.717) is 22.7 Å². The number of benzene rings is 4. The largest absolute Gasteiger partial charge is 0.497 e. The van der Waals surface area contributed by atoms with E-state index in [9.17, 15) is 19.7 Å². The fourth-order valence-electron chi connectivity index (χ4n) is 4.69. The summed E-state index contributed by atoms with van der Waals surface area (Å²) in [7, 11) is 1.56. The minimum Gasteiger partial charge on any atom is -0.497 e. The van der Waals surface area contributed by atoms with E-state index >= 15 is 0 Å². The molecule has 0 aliphatic rings. The molecule has 42 heavy (non-hydrogen) atoms. The van der Waals surface area contributed by atoms with Crippen LogP contribution < -0.4 is 15.7 Å². The average molecular weight is 562 g/mol. The Balaban J connectivity index is 1.55. The van der Waals surface area contributed by atoms with Gasteiger partial charge in [0.2, 0.25) is 0 Å². The fourth-order valence-corrected chi connectivity index (χ4v) is 4.69. The molecule has 0 fully saturated rings. The van der Waals surface area contributed by atoms with E-state index in [2.05, 4.69) is 15.6 Å². The smallest absolute Gasteiger partial charge is 0.281 e. The van der Waals surface area contributed by atoms with Crippen molar-refractivity contribution in [2.24, 2.45) is 5.10 Å². The second-order valence-corrected chi connectivity index (χ2v) is 9.43. The lowest BCUT2D eigenvalue weighted by Crippen LogP contribution is -2.28. The van der Waals surface area contributed by atoms with Crippen molar-refractivity contribution in [2.45, 2.75) is 12.8 Å². The van der Waals surface area contributed by atoms with E-state index in [1.54, 1.807) is 38.3 Å². The van der Waals surface area contributed by atoms with Crippen molar-refractivity contribution in [1.82, 2.24) is 15.2 Å². The molecule has 10 nitrogen and oxygen atoms in total. The van der Waals surface area contributed by atoms with Crippen LogP contribution in [0, 0.1) is 10.1 Å². The molecule has 0 radical (unpaired) electrons. The molecule has 1 amide bonds. The SMILES string of the molecule is COc1ccc(-c2[nH]n(-c3ccc([N+](=O)[O-])cc3)c(=O)c2/C(C)=N/NC(=O)C(c2ccccc2)c2ccccc2)cc1. The number of H-pyrrole nitrogens is 1. The zero-order valence-electron chi connectivity index (χ0n) is 22.9. The number of nitrogens with zero attached hydrogens (tertiary/aromatic N) is 3. The highest BCUT2D eigenvalue weighted by atomic mass is 16.6. The number of ether oxygens (including phenoxy) is 1. The van der Waals surface area contributed by atoms with E-state index < -0.39 is 16.4 Å². The van der Waals surface area contributed by atoms with Crippen LogP contribution in [0.5, 0.6) is 5.75 Å². The number of nitrogens with one attached hydrogen (secondary N) is 2. The van der Waals surface area contributed by atoms with Gasteiger partial charge in [0, 0.05) is 17.7 Å². The van der Waals surface area contributed by atoms with E-state index in [-0.39, 0.29) is 22.9 Å². The van der Waals surface area contributed by atoms with Gasteiger partial charge in [-0.25, -0.2) is 10.1 Å². The number of carbonyl (C=O) groups excluding carboxylic acids is 1. The van der Waals surface area contributed by atoms with Gasteiger partial charge in [-0.2, -0.15) is 5.10 Å². The molecule has 0 saturated carbocycles. The zero-order chi connectivity index (χ0) is 29.6. The van der Waals surface area contributed by atoms with Crippen LogP contribution in [0.4, 0.5) is 5.69 Å². The maximum atomic E-state index is 13.7. The van der Waals surface area contributed by atoms with Crippen molar-refractivity contribution >= 4 is 17.3 Å². The number of amides is 1. The molecule has 10 heteroatoms. The third-order valence-electron chi connectivity index (χ3n) is 6.81. The first-order chi connectivity index (χ1) is 20.4. The van der Waals surface area contributed by atoms with Gasteiger partial charge in [0.05, 0.1) is 40.6 Å². The topological polar surface area (TPSA) is 132 Å². The third-order valence-corrected chi connectivity index (χ3v) is 6.81. The number of nitro benzene ring substituents is 1. The molecule has 0 saturated heterocycles. The highest BCUT2D eigenvalue weighted by Crippen LogP contribution is 2.26. The molecule has 2 N–H and O–H groups in total. The molecular formula is C32H27N5O5. The number of hydrazone groups is 1. The number of hydrogen-bond acceptors (Lipinski definition) is 6. The van der Waals surface area contributed by atoms with Crippen molar-refractivity contribution in [1.29, 1.82) is 0 Å². The molecule has 1 aromatic heterocycles. The summed E-state index contributed by atoms with van der Waals surface area (Å²) in [6, 6.07) is 31.5. The van der Waals surface area contributed by atoms with Gasteiger partial charge in [0.15, 0.2) is 0 Å². The average Bonchev–Trinajstić information content (AvgIpc) is 3.38. The van der Waals surface area contributed by atoms with E-state index in [1.165, 1.54) is 28.9 Å². The van der Waals surface area contributed by atoms with Crippen LogP contribution in [0.1, 0.15) is 29.5 Å². The number of non-ortho nitro benzene ring substituents is 1. The molecular weight excluding hydrogens is 534 g/mol. The van der Waals surface area contributed by atoms with E-state index in [0.717, 1.165) is 11.1 Å². The second-order valence-electron chi connectivity index (χ2n) is 9.43. The number of carbonyl (C=O) groups is 1. The molecule has 0 spiro atoms. The van der Waals surface area contributed by atoms with Gasteiger partial charge in [0.1, 0.15) is 5.75 Å². The Morgan fingerprint density at radius 3 is 2.00 bits per heavy atom. The third kappa shape index (κ3) is 5.73. The lowest BCUT2D eigenvalue weighted by molar-refractivity contribution is -0.384. The van der Waals surface area contributed by atoms with E-state index in [1.807, 2.05) is 60.7 Å². The predicted molar refractivity (Wildman–Crippen MR) is 160 cm³/mol. The van der Waals surface area contributed by atoms with Crippen LogP contribution >= 0.6 is 0 Å². The molecule has 5 aromatic rings. The quantitative estimate of drug-likeness (QED) is 0.141. The minimum absolute atomic E-state index is 0.0965. The highest BCUT2D eigenvalue weighted by Gasteiger charge is 2.24. The van der Waals surface area contributed by atoms with Crippen LogP contribution in [-0.4, -0.2) is 33.4 Å². The van der Waals surface area contributed by atoms with Crippen LogP contribution in [0.2, 0.25) is 0 Å². The summed E-state index contributed by atoms with van der Waals surface area (Å²) in [4.78, 5) is 37.9. The van der Waals surface area contributed by atoms with Crippen molar-refractivity contribution in [2.75, 3.05) is 7.11 Å². The van der Waals surface area contributed by atoms with Gasteiger partial charge < -0.3 is 4.74 Å². The minimum atomic E-state index is -0.618. The van der Waals surface area contributed by atoms with Crippen LogP contribution in [0.3, 0.4) is 0 Å². The van der Waals surface area contributed by atoms with Crippen molar-refractivity contribution < 1.29 is 14.5 Å². The molecule has 0 atom stereocenters. The first-order valence-electron chi connectivity index (χ1n) is 13.1. The lowest BCUT2D eigenvalue weighted by Gasteiger charge is -2.16. The number of aromatic nitrogens is 2. The summed E-state index contributed by atoms with van der Waals surface area (Å²) in [5.41, 5.74) is 5.77. The van der Waals surface area contributed by atoms with Gasteiger partial charge in [0.25, 0.3) is 17.2 Å². The molecule has 0 aliphatic heterocycles. The van der Waals surface area contributed by atoms with Crippen LogP contribution in [0.25, 0.3) is 16.9 Å². The van der Waals surface area contributed by atoms with Crippen molar-refractivity contribution in [3.63, 3.8) is 0 Å². The van der Waals surface area contributed by atoms with Crippen LogP contribution in [-0.2, 0) is 4.79 Å². The van der Waals surface area contributed by atoms with Crippen molar-refractivity contribution in [3.05, 3.63) is 146 Å². The maximum absolute atomic E-state index is 13.7. The standard InChI is InChI=1S/C32H27N5O5/c1-21(33-34-31(38)29(22-9-5-3-6-10-22)23-11-7-4-8-12-23)28-30(24-13-19-27(42-2)20-14-24)35-36(32(28)39)25-15-17-26(18-16-25)37(40)41/h3-20,29,35H,1-2H3,(H,34,38)/b33-21+. The normalized spacial score (nSPS) is 11.4. The molecule has 210 valence electrons. The van der Waals surface area contributed by atoms with Gasteiger partial charge in [-0.1, -0.05) is 60.7 Å². The number of rotatable bonds is 9. The summed E-state index contributed by atoms with van der Waals surface area (Å²) in [5, 5.41) is 18.6. The van der Waals surface area contributed by atoms with Gasteiger partial charge >= 0.3 is 0 Å². The Morgan fingerprint density at radius 1 is 0.905 bits per heavy atom. The van der Waals surface area contributed by atoms with Gasteiger partial charge in [-0.05, 0) is 54.4 Å². The number of nitro groups is 1. The molecule has 0 bridgehead atoms. The zero-order valence-corrected chi connectivity index (χ0v) is 22.9. The molecule has 1 heterocycles. The summed E-state index contributed by atoms with van der Waals surface area (Å²) in [6.07, 6.45) is 0. The monoisotopic (exact) mass is 561 g/mol. The lowest BCUT2D eigenvalue weighted by atomic mass is 9.91. The summed E-state index contributed by atoms with van der Waals surface area (Å²) < 4.78 is 6.56. The number of hydrogen-bond donors (Lipinski definition) is 2. The summed E-state index contributed by atoms with van der Waals surface area (Å²) >= 11 is 0. The second kappa shape index (κ2) is 12.2. The predicted octanol–water partition coefficient (Wildman–Crippen LogP) is 5.42. The van der Waals surface area contributed by atoms with Crippen molar-refractivity contribution in [3.8, 4) is 22.7 Å².